The molecular weight excluding hydrogens is 950 g/mol. The van der Waals surface area contributed by atoms with E-state index in [1.165, 1.54) is 22.8 Å². The number of aromatic nitrogens is 2. The lowest BCUT2D eigenvalue weighted by molar-refractivity contribution is -0.172. The van der Waals surface area contributed by atoms with E-state index in [1.54, 1.807) is 50.2 Å². The first-order valence-corrected chi connectivity index (χ1v) is 24.0. The summed E-state index contributed by atoms with van der Waals surface area (Å²) in [6.07, 6.45) is 4.73. The van der Waals surface area contributed by atoms with E-state index in [0.717, 1.165) is 4.90 Å². The summed E-state index contributed by atoms with van der Waals surface area (Å²) in [7, 11) is 0. The fourth-order valence-corrected chi connectivity index (χ4v) is 9.67. The number of esters is 1. The van der Waals surface area contributed by atoms with Crippen LogP contribution in [0, 0.1) is 12.7 Å². The molecule has 2 aromatic heterocycles. The number of cyclic esters (lactones) is 1. The van der Waals surface area contributed by atoms with Crippen molar-refractivity contribution >= 4 is 64.1 Å². The molecule has 0 fully saturated rings. The topological polar surface area (TPSA) is 293 Å². The van der Waals surface area contributed by atoms with Crippen LogP contribution in [0.1, 0.15) is 90.4 Å². The van der Waals surface area contributed by atoms with Gasteiger partial charge < -0.3 is 46.3 Å². The molecule has 4 aromatic rings. The minimum atomic E-state index is -2.06. The third-order valence-electron chi connectivity index (χ3n) is 13.6. The number of aliphatic hydroxyl groups is 1. The number of ether oxygens (including phenoxy) is 1. The number of imide groups is 1. The molecule has 21 nitrogen and oxygen atoms in total. The highest BCUT2D eigenvalue weighted by molar-refractivity contribution is 6.12. The average molecular weight is 1000 g/mol. The Bertz CT molecular complexity index is 3050. The van der Waals surface area contributed by atoms with Crippen LogP contribution in [-0.2, 0) is 79.5 Å². The average Bonchev–Trinajstić information content (AvgIpc) is 3.91. The molecule has 3 atom stereocenters. The molecule has 22 heteroatoms. The Morgan fingerprint density at radius 2 is 1.51 bits per heavy atom. The molecule has 73 heavy (non-hydrogen) atoms. The zero-order valence-corrected chi connectivity index (χ0v) is 40.1. The molecule has 0 bridgehead atoms. The molecule has 1 unspecified atom stereocenters. The lowest BCUT2D eigenvalue weighted by Gasteiger charge is -2.31. The summed E-state index contributed by atoms with van der Waals surface area (Å²) in [6, 6.07) is 9.73. The van der Waals surface area contributed by atoms with E-state index < -0.39 is 96.7 Å². The number of fused-ring (bicyclic) bond motifs is 5. The Labute approximate surface area is 416 Å². The van der Waals surface area contributed by atoms with Crippen LogP contribution < -0.4 is 37.5 Å². The number of aryl methyl sites for hydroxylation is 1. The fourth-order valence-electron chi connectivity index (χ4n) is 9.67. The van der Waals surface area contributed by atoms with Gasteiger partial charge in [-0.3, -0.25) is 48.1 Å². The number of benzene rings is 2. The normalized spacial score (nSPS) is 17.5. The van der Waals surface area contributed by atoms with Crippen LogP contribution in [-0.4, -0.2) is 112 Å². The predicted molar refractivity (Wildman–Crippen MR) is 257 cm³/mol. The monoisotopic (exact) mass is 1000 g/mol. The second-order valence-corrected chi connectivity index (χ2v) is 18.3. The quantitative estimate of drug-likeness (QED) is 0.0314. The Kier molecular flexibility index (Phi) is 15.2. The third-order valence-corrected chi connectivity index (χ3v) is 13.6. The van der Waals surface area contributed by atoms with E-state index in [0.29, 0.717) is 82.2 Å². The summed E-state index contributed by atoms with van der Waals surface area (Å²) < 4.78 is 22.1. The molecule has 3 aliphatic heterocycles. The van der Waals surface area contributed by atoms with Crippen molar-refractivity contribution in [3.8, 4) is 11.4 Å². The summed E-state index contributed by atoms with van der Waals surface area (Å²) in [6.45, 7) is 1.19. The highest BCUT2D eigenvalue weighted by Crippen LogP contribution is 2.46. The highest BCUT2D eigenvalue weighted by atomic mass is 19.1. The Hall–Kier alpha value is -8.14. The molecule has 7 N–H and O–H groups in total. The van der Waals surface area contributed by atoms with Gasteiger partial charge in [0.15, 0.2) is 5.60 Å². The SMILES string of the molecule is CC[C@@]1(O)C(=O)OCc2c1cc1n(c2=O)Cc2c-1nc1cc(F)c(C)c3c1c2[C@@H](NC(=O)CNC(=O)CNC(=O)C(Cc1ccccc1)NC(=O)CNC(=O)CNC(=O)CCCCCN1C(=O)C=CC1=O)CC3. The Morgan fingerprint density at radius 3 is 2.22 bits per heavy atom. The van der Waals surface area contributed by atoms with Gasteiger partial charge in [-0.15, -0.1) is 0 Å². The number of carbonyl (C=O) groups is 9. The molecular formula is C51H54FN9O12. The van der Waals surface area contributed by atoms with Gasteiger partial charge in [-0.2, -0.15) is 0 Å². The minimum Gasteiger partial charge on any atom is -0.458 e. The zero-order chi connectivity index (χ0) is 52.1. The van der Waals surface area contributed by atoms with E-state index in [9.17, 15) is 53.1 Å². The maximum Gasteiger partial charge on any atom is 0.343 e. The van der Waals surface area contributed by atoms with E-state index >= 15 is 4.39 Å². The number of nitrogens with one attached hydrogen (secondary N) is 6. The van der Waals surface area contributed by atoms with Gasteiger partial charge in [0, 0.05) is 54.1 Å². The van der Waals surface area contributed by atoms with Crippen molar-refractivity contribution in [2.24, 2.45) is 0 Å². The van der Waals surface area contributed by atoms with Gasteiger partial charge in [0.25, 0.3) is 17.4 Å². The van der Waals surface area contributed by atoms with Crippen LogP contribution >= 0.6 is 0 Å². The number of amides is 8. The summed E-state index contributed by atoms with van der Waals surface area (Å²) in [5.74, 6) is -5.94. The fraction of sp³-hybridized carbons (Fsp3) is 0.392. The molecule has 8 amide bonds. The summed E-state index contributed by atoms with van der Waals surface area (Å²) in [5.41, 5.74) is 1.67. The summed E-state index contributed by atoms with van der Waals surface area (Å²) in [4.78, 5) is 134. The first-order valence-electron chi connectivity index (χ1n) is 24.0. The zero-order valence-electron chi connectivity index (χ0n) is 40.1. The lowest BCUT2D eigenvalue weighted by atomic mass is 9.81. The molecule has 2 aromatic carbocycles. The summed E-state index contributed by atoms with van der Waals surface area (Å²) >= 11 is 0. The number of nitrogens with zero attached hydrogens (tertiary/aromatic N) is 3. The number of pyridine rings is 2. The van der Waals surface area contributed by atoms with Gasteiger partial charge in [0.2, 0.25) is 35.4 Å². The van der Waals surface area contributed by atoms with Gasteiger partial charge in [-0.05, 0) is 67.3 Å². The van der Waals surface area contributed by atoms with Crippen LogP contribution in [0.5, 0.6) is 0 Å². The van der Waals surface area contributed by atoms with Crippen LogP contribution in [0.15, 0.2) is 59.4 Å². The number of carbonyl (C=O) groups excluding carboxylic acids is 9. The smallest absolute Gasteiger partial charge is 0.343 e. The minimum absolute atomic E-state index is 0.0215. The Morgan fingerprint density at radius 1 is 0.836 bits per heavy atom. The number of hydrogen-bond acceptors (Lipinski definition) is 13. The van der Waals surface area contributed by atoms with Crippen LogP contribution in [0.25, 0.3) is 22.3 Å². The highest BCUT2D eigenvalue weighted by Gasteiger charge is 2.46. The predicted octanol–water partition coefficient (Wildman–Crippen LogP) is 0.308. The molecule has 8 rings (SSSR count). The second kappa shape index (κ2) is 21.7. The largest absolute Gasteiger partial charge is 0.458 e. The molecule has 1 aliphatic carbocycles. The Balaban J connectivity index is 0.845. The number of hydrogen-bond donors (Lipinski definition) is 7. The van der Waals surface area contributed by atoms with Crippen molar-refractivity contribution in [1.29, 1.82) is 0 Å². The van der Waals surface area contributed by atoms with Crippen molar-refractivity contribution in [2.45, 2.75) is 96.1 Å². The number of rotatable bonds is 20. The maximum absolute atomic E-state index is 15.4. The van der Waals surface area contributed by atoms with E-state index in [1.807, 2.05) is 0 Å². The van der Waals surface area contributed by atoms with Crippen LogP contribution in [0.4, 0.5) is 4.39 Å². The van der Waals surface area contributed by atoms with Crippen LogP contribution in [0.2, 0.25) is 0 Å². The van der Waals surface area contributed by atoms with Crippen molar-refractivity contribution in [3.63, 3.8) is 0 Å². The van der Waals surface area contributed by atoms with Gasteiger partial charge in [-0.25, -0.2) is 14.2 Å². The van der Waals surface area contributed by atoms with Crippen molar-refractivity contribution in [2.75, 3.05) is 32.7 Å². The summed E-state index contributed by atoms with van der Waals surface area (Å²) in [5, 5.41) is 27.4. The van der Waals surface area contributed by atoms with Crippen molar-refractivity contribution < 1.29 is 57.4 Å². The first kappa shape index (κ1) is 51.2. The van der Waals surface area contributed by atoms with Gasteiger partial charge >= 0.3 is 5.97 Å². The van der Waals surface area contributed by atoms with E-state index in [4.69, 9.17) is 9.72 Å². The third kappa shape index (κ3) is 10.9. The van der Waals surface area contributed by atoms with E-state index in [-0.39, 0.29) is 61.9 Å². The molecule has 5 heterocycles. The van der Waals surface area contributed by atoms with E-state index in [2.05, 4.69) is 31.9 Å². The molecule has 0 radical (unpaired) electrons. The molecule has 4 aliphatic rings. The number of halogens is 1. The molecule has 0 spiro atoms. The molecule has 382 valence electrons. The first-order chi connectivity index (χ1) is 35.0. The van der Waals surface area contributed by atoms with Crippen molar-refractivity contribution in [1.82, 2.24) is 46.4 Å². The number of unbranched alkanes of at least 4 members (excludes halogenated alkanes) is 2. The molecule has 0 saturated carbocycles. The molecule has 0 saturated heterocycles. The second-order valence-electron chi connectivity index (χ2n) is 18.3. The van der Waals surface area contributed by atoms with Gasteiger partial charge in [0.1, 0.15) is 18.5 Å². The van der Waals surface area contributed by atoms with Crippen LogP contribution in [0.3, 0.4) is 0 Å². The maximum atomic E-state index is 15.4. The lowest BCUT2D eigenvalue weighted by Crippen LogP contribution is -2.52. The van der Waals surface area contributed by atoms with Gasteiger partial charge in [-0.1, -0.05) is 43.7 Å². The van der Waals surface area contributed by atoms with Gasteiger partial charge in [0.05, 0.1) is 61.2 Å². The van der Waals surface area contributed by atoms with Crippen molar-refractivity contribution in [3.05, 3.63) is 110 Å². The standard InChI is InChI=1S/C51H54FN9O12/c1-3-51(72)32-19-37-47-30(25-61(37)49(70)31(32)26-73-50(51)71)46-34(14-13-29-27(2)33(52)20-35(59-47)45(29)46)57-41(65)23-55-40(64)22-56-48(69)36(18-28-10-6-4-7-11-28)58-42(66)24-54-39(63)21-53-38(62)12-8-5-9-17-60-43(67)15-16-44(60)68/h4,6-7,10-11,15-16,19-20,34,36,72H,3,5,8-9,12-14,17-18,21-26H2,1-2H3,(H,53,62)(H,54,63)(H,55,64)(H,56,69)(H,57,65)(H,58,66)/t34-,36?,51-/m0/s1.